The molecule has 0 amide bonds. The Labute approximate surface area is 116 Å². The summed E-state index contributed by atoms with van der Waals surface area (Å²) in [6.07, 6.45) is 4.16. The molecule has 112 valence electrons. The van der Waals surface area contributed by atoms with Crippen LogP contribution in [0.2, 0.25) is 0 Å². The summed E-state index contributed by atoms with van der Waals surface area (Å²) in [4.78, 5) is 4.15. The SMILES string of the molecule is CCCNC(=NC)NCC1CCN(S(C)(=O)=O)CC1. The molecule has 0 spiro atoms. The van der Waals surface area contributed by atoms with Gasteiger partial charge in [-0.05, 0) is 25.2 Å². The van der Waals surface area contributed by atoms with E-state index in [-0.39, 0.29) is 0 Å². The molecule has 0 aromatic carbocycles. The van der Waals surface area contributed by atoms with Crippen LogP contribution in [0.3, 0.4) is 0 Å². The minimum atomic E-state index is -3.02. The maximum absolute atomic E-state index is 11.4. The molecule has 0 aromatic heterocycles. The minimum absolute atomic E-state index is 0.512. The lowest BCUT2D eigenvalue weighted by atomic mass is 9.98. The Kier molecular flexibility index (Phi) is 6.57. The number of hydrogen-bond acceptors (Lipinski definition) is 3. The summed E-state index contributed by atoms with van der Waals surface area (Å²) in [5.74, 6) is 1.34. The zero-order valence-corrected chi connectivity index (χ0v) is 13.0. The van der Waals surface area contributed by atoms with Crippen LogP contribution in [0.4, 0.5) is 0 Å². The maximum Gasteiger partial charge on any atom is 0.211 e. The third-order valence-corrected chi connectivity index (χ3v) is 4.67. The first-order valence-corrected chi connectivity index (χ1v) is 8.71. The molecule has 6 nitrogen and oxygen atoms in total. The number of piperidine rings is 1. The summed E-state index contributed by atoms with van der Waals surface area (Å²) in [5.41, 5.74) is 0. The molecule has 0 aromatic rings. The molecular weight excluding hydrogens is 264 g/mol. The summed E-state index contributed by atoms with van der Waals surface area (Å²) in [5, 5.41) is 6.52. The fourth-order valence-corrected chi connectivity index (χ4v) is 3.02. The smallest absolute Gasteiger partial charge is 0.211 e. The van der Waals surface area contributed by atoms with Crippen molar-refractivity contribution >= 4 is 16.0 Å². The van der Waals surface area contributed by atoms with Crippen molar-refractivity contribution in [3.05, 3.63) is 0 Å². The summed E-state index contributed by atoms with van der Waals surface area (Å²) >= 11 is 0. The average Bonchev–Trinajstić information content (AvgIpc) is 2.38. The van der Waals surface area contributed by atoms with Gasteiger partial charge in [0.05, 0.1) is 6.26 Å². The number of aliphatic imine (C=N–C) groups is 1. The van der Waals surface area contributed by atoms with E-state index in [1.54, 1.807) is 11.4 Å². The molecule has 1 rings (SSSR count). The van der Waals surface area contributed by atoms with E-state index in [0.29, 0.717) is 19.0 Å². The van der Waals surface area contributed by atoms with Crippen molar-refractivity contribution in [3.8, 4) is 0 Å². The van der Waals surface area contributed by atoms with E-state index in [2.05, 4.69) is 22.5 Å². The molecule has 0 radical (unpaired) electrons. The lowest BCUT2D eigenvalue weighted by Gasteiger charge is -2.30. The molecule has 19 heavy (non-hydrogen) atoms. The Morgan fingerprint density at radius 3 is 2.42 bits per heavy atom. The highest BCUT2D eigenvalue weighted by Crippen LogP contribution is 2.18. The predicted molar refractivity (Wildman–Crippen MR) is 78.8 cm³/mol. The van der Waals surface area contributed by atoms with Crippen LogP contribution < -0.4 is 10.6 Å². The highest BCUT2D eigenvalue weighted by atomic mass is 32.2. The van der Waals surface area contributed by atoms with Crippen LogP contribution in [-0.4, -0.2) is 58.2 Å². The molecule has 0 bridgehead atoms. The Bertz CT molecular complexity index is 387. The fraction of sp³-hybridized carbons (Fsp3) is 0.917. The van der Waals surface area contributed by atoms with Gasteiger partial charge in [-0.2, -0.15) is 0 Å². The third kappa shape index (κ3) is 5.78. The average molecular weight is 290 g/mol. The van der Waals surface area contributed by atoms with Crippen LogP contribution in [0.1, 0.15) is 26.2 Å². The van der Waals surface area contributed by atoms with Gasteiger partial charge in [0.25, 0.3) is 0 Å². The molecule has 1 aliphatic rings. The first-order chi connectivity index (χ1) is 8.97. The second-order valence-corrected chi connectivity index (χ2v) is 6.97. The van der Waals surface area contributed by atoms with Crippen LogP contribution in [0.5, 0.6) is 0 Å². The van der Waals surface area contributed by atoms with E-state index in [0.717, 1.165) is 38.3 Å². The van der Waals surface area contributed by atoms with E-state index in [1.165, 1.54) is 6.26 Å². The van der Waals surface area contributed by atoms with E-state index in [4.69, 9.17) is 0 Å². The van der Waals surface area contributed by atoms with Crippen LogP contribution in [-0.2, 0) is 10.0 Å². The van der Waals surface area contributed by atoms with Gasteiger partial charge in [0.2, 0.25) is 10.0 Å². The summed E-state index contributed by atoms with van der Waals surface area (Å²) in [7, 11) is -1.26. The predicted octanol–water partition coefficient (Wildman–Crippen LogP) is 0.233. The topological polar surface area (TPSA) is 73.8 Å². The standard InChI is InChI=1S/C12H26N4O2S/c1-4-7-14-12(13-2)15-10-11-5-8-16(9-6-11)19(3,17)18/h11H,4-10H2,1-3H3,(H2,13,14,15). The van der Waals surface area contributed by atoms with Crippen molar-refractivity contribution in [2.24, 2.45) is 10.9 Å². The van der Waals surface area contributed by atoms with Gasteiger partial charge in [-0.1, -0.05) is 6.92 Å². The van der Waals surface area contributed by atoms with Crippen molar-refractivity contribution < 1.29 is 8.42 Å². The molecule has 2 N–H and O–H groups in total. The van der Waals surface area contributed by atoms with Gasteiger partial charge in [0.1, 0.15) is 0 Å². The van der Waals surface area contributed by atoms with Gasteiger partial charge in [-0.15, -0.1) is 0 Å². The molecular formula is C12H26N4O2S. The largest absolute Gasteiger partial charge is 0.356 e. The first-order valence-electron chi connectivity index (χ1n) is 6.87. The Balaban J connectivity index is 2.29. The summed E-state index contributed by atoms with van der Waals surface area (Å²) in [6, 6.07) is 0. The second-order valence-electron chi connectivity index (χ2n) is 4.99. The van der Waals surface area contributed by atoms with Crippen LogP contribution >= 0.6 is 0 Å². The van der Waals surface area contributed by atoms with Crippen molar-refractivity contribution in [1.82, 2.24) is 14.9 Å². The second kappa shape index (κ2) is 7.69. The highest BCUT2D eigenvalue weighted by molar-refractivity contribution is 7.88. The van der Waals surface area contributed by atoms with Gasteiger partial charge in [-0.25, -0.2) is 12.7 Å². The Hall–Kier alpha value is -0.820. The zero-order valence-electron chi connectivity index (χ0n) is 12.1. The van der Waals surface area contributed by atoms with Gasteiger partial charge in [0, 0.05) is 33.2 Å². The number of nitrogens with zero attached hydrogens (tertiary/aromatic N) is 2. The van der Waals surface area contributed by atoms with E-state index in [9.17, 15) is 8.42 Å². The summed E-state index contributed by atoms with van der Waals surface area (Å²) in [6.45, 7) is 5.13. The molecule has 1 aliphatic heterocycles. The number of sulfonamides is 1. The van der Waals surface area contributed by atoms with Gasteiger partial charge in [-0.3, -0.25) is 4.99 Å². The quantitative estimate of drug-likeness (QED) is 0.562. The molecule has 0 aliphatic carbocycles. The van der Waals surface area contributed by atoms with E-state index in [1.807, 2.05) is 0 Å². The molecule has 1 fully saturated rings. The van der Waals surface area contributed by atoms with Crippen LogP contribution in [0, 0.1) is 5.92 Å². The summed E-state index contributed by atoms with van der Waals surface area (Å²) < 4.78 is 24.4. The molecule has 0 unspecified atom stereocenters. The van der Waals surface area contributed by atoms with Gasteiger partial charge >= 0.3 is 0 Å². The molecule has 1 saturated heterocycles. The van der Waals surface area contributed by atoms with Crippen LogP contribution in [0.25, 0.3) is 0 Å². The highest BCUT2D eigenvalue weighted by Gasteiger charge is 2.24. The zero-order chi connectivity index (χ0) is 14.3. The molecule has 1 heterocycles. The van der Waals surface area contributed by atoms with E-state index >= 15 is 0 Å². The lowest BCUT2D eigenvalue weighted by Crippen LogP contribution is -2.44. The van der Waals surface area contributed by atoms with Crippen LogP contribution in [0.15, 0.2) is 4.99 Å². The van der Waals surface area contributed by atoms with Gasteiger partial charge in [0.15, 0.2) is 5.96 Å². The number of guanidine groups is 1. The van der Waals surface area contributed by atoms with Crippen molar-refractivity contribution in [1.29, 1.82) is 0 Å². The molecule has 0 atom stereocenters. The third-order valence-electron chi connectivity index (χ3n) is 3.37. The van der Waals surface area contributed by atoms with Crippen molar-refractivity contribution in [3.63, 3.8) is 0 Å². The van der Waals surface area contributed by atoms with Crippen molar-refractivity contribution in [2.75, 3.05) is 39.5 Å². The fourth-order valence-electron chi connectivity index (χ4n) is 2.15. The number of nitrogens with one attached hydrogen (secondary N) is 2. The monoisotopic (exact) mass is 290 g/mol. The lowest BCUT2D eigenvalue weighted by molar-refractivity contribution is 0.275. The van der Waals surface area contributed by atoms with E-state index < -0.39 is 10.0 Å². The Morgan fingerprint density at radius 2 is 1.95 bits per heavy atom. The van der Waals surface area contributed by atoms with Gasteiger partial charge < -0.3 is 10.6 Å². The molecule has 7 heteroatoms. The first kappa shape index (κ1) is 16.2. The minimum Gasteiger partial charge on any atom is -0.356 e. The maximum atomic E-state index is 11.4. The van der Waals surface area contributed by atoms with Crippen molar-refractivity contribution in [2.45, 2.75) is 26.2 Å². The number of hydrogen-bond donors (Lipinski definition) is 2. The molecule has 0 saturated carbocycles. The number of rotatable bonds is 5. The Morgan fingerprint density at radius 1 is 1.32 bits per heavy atom. The normalized spacial score (nSPS) is 19.4.